The lowest BCUT2D eigenvalue weighted by atomic mass is 9.92. The molecule has 7 nitrogen and oxygen atoms in total. The molecule has 1 aliphatic carbocycles. The second-order valence-corrected chi connectivity index (χ2v) is 9.81. The van der Waals surface area contributed by atoms with Crippen LogP contribution in [0, 0.1) is 29.2 Å². The number of halogens is 6. The molecule has 1 fully saturated rings. The van der Waals surface area contributed by atoms with Gasteiger partial charge >= 0.3 is 0 Å². The number of aliphatic hydroxyl groups excluding tert-OH is 2. The second kappa shape index (κ2) is 12.3. The van der Waals surface area contributed by atoms with Crippen LogP contribution >= 0.6 is 24.8 Å². The molecule has 5 N–H and O–H groups in total. The van der Waals surface area contributed by atoms with E-state index in [0.717, 1.165) is 30.3 Å². The number of anilines is 2. The summed E-state index contributed by atoms with van der Waals surface area (Å²) in [6.07, 6.45) is 0.709. The van der Waals surface area contributed by atoms with Gasteiger partial charge in [0.15, 0.2) is 0 Å². The Labute approximate surface area is 240 Å². The van der Waals surface area contributed by atoms with Gasteiger partial charge in [0, 0.05) is 30.6 Å². The molecule has 1 aliphatic heterocycles. The number of carbonyl (C=O) groups is 1. The molecule has 2 heterocycles. The number of hydrogen-bond acceptors (Lipinski definition) is 6. The minimum atomic E-state index is -1.42. The van der Waals surface area contributed by atoms with Gasteiger partial charge < -0.3 is 26.2 Å². The van der Waals surface area contributed by atoms with Crippen molar-refractivity contribution >= 4 is 42.1 Å². The van der Waals surface area contributed by atoms with Crippen LogP contribution in [-0.2, 0) is 6.42 Å². The number of carbonyl (C=O) groups excluding carboxylic acids is 1. The number of amides is 1. The molecule has 0 unspecified atom stereocenters. The molecular weight excluding hydrogens is 575 g/mol. The van der Waals surface area contributed by atoms with E-state index in [1.165, 1.54) is 6.20 Å². The van der Waals surface area contributed by atoms with Crippen LogP contribution in [0.2, 0.25) is 0 Å². The number of piperidine rings is 1. The van der Waals surface area contributed by atoms with Crippen molar-refractivity contribution < 1.29 is 32.6 Å². The third-order valence-electron chi connectivity index (χ3n) is 7.24. The number of rotatable bonds is 4. The van der Waals surface area contributed by atoms with Gasteiger partial charge in [-0.15, -0.1) is 24.8 Å². The van der Waals surface area contributed by atoms with Gasteiger partial charge in [-0.1, -0.05) is 13.0 Å². The Balaban J connectivity index is 0.00000220. The number of nitrogens with zero attached hydrogens (tertiary/aromatic N) is 2. The maximum atomic E-state index is 15.5. The SMILES string of the molecule is C[C@H]1CN(c2c(NC(=O)c3ccc(F)c(-c4c(F)cccc4F)c3F)cnc3c2CC[C@H]3O)C[C@@H](N)[C@@H]1O.Cl.Cl. The van der Waals surface area contributed by atoms with Crippen molar-refractivity contribution in [3.05, 3.63) is 76.6 Å². The molecule has 5 rings (SSSR count). The summed E-state index contributed by atoms with van der Waals surface area (Å²) in [5, 5.41) is 23.3. The summed E-state index contributed by atoms with van der Waals surface area (Å²) in [5.41, 5.74) is 5.50. The first-order valence-electron chi connectivity index (χ1n) is 12.2. The fraction of sp³-hybridized carbons (Fsp3) is 0.333. The fourth-order valence-corrected chi connectivity index (χ4v) is 5.34. The van der Waals surface area contributed by atoms with Gasteiger partial charge in [-0.25, -0.2) is 17.6 Å². The summed E-state index contributed by atoms with van der Waals surface area (Å²) in [6, 6.07) is 3.87. The Morgan fingerprint density at radius 1 is 1.02 bits per heavy atom. The van der Waals surface area contributed by atoms with Crippen LogP contribution in [-0.4, -0.2) is 46.3 Å². The van der Waals surface area contributed by atoms with E-state index in [4.69, 9.17) is 5.73 Å². The average Bonchev–Trinajstić information content (AvgIpc) is 3.24. The zero-order chi connectivity index (χ0) is 27.3. The maximum Gasteiger partial charge on any atom is 0.258 e. The predicted molar refractivity (Wildman–Crippen MR) is 147 cm³/mol. The molecule has 2 aliphatic rings. The van der Waals surface area contributed by atoms with Gasteiger partial charge in [-0.05, 0) is 37.1 Å². The van der Waals surface area contributed by atoms with E-state index in [1.807, 2.05) is 11.8 Å². The summed E-state index contributed by atoms with van der Waals surface area (Å²) in [7, 11) is 0. The predicted octanol–water partition coefficient (Wildman–Crippen LogP) is 4.52. The van der Waals surface area contributed by atoms with Crippen molar-refractivity contribution in [3.8, 4) is 11.1 Å². The lowest BCUT2D eigenvalue weighted by molar-refractivity contribution is 0.0784. The van der Waals surface area contributed by atoms with Crippen molar-refractivity contribution in [1.82, 2.24) is 4.98 Å². The highest BCUT2D eigenvalue weighted by molar-refractivity contribution is 6.07. The number of nitrogens with two attached hydrogens (primary N) is 1. The maximum absolute atomic E-state index is 15.5. The van der Waals surface area contributed by atoms with Crippen LogP contribution in [0.1, 0.15) is 41.1 Å². The summed E-state index contributed by atoms with van der Waals surface area (Å²) < 4.78 is 58.7. The first kappa shape index (κ1) is 31.6. The minimum absolute atomic E-state index is 0. The molecule has 3 aromatic rings. The molecule has 1 saturated heterocycles. The highest BCUT2D eigenvalue weighted by Gasteiger charge is 2.36. The Morgan fingerprint density at radius 2 is 1.68 bits per heavy atom. The summed E-state index contributed by atoms with van der Waals surface area (Å²) in [4.78, 5) is 19.4. The number of nitrogens with one attached hydrogen (secondary N) is 1. The van der Waals surface area contributed by atoms with E-state index in [9.17, 15) is 28.2 Å². The zero-order valence-corrected chi connectivity index (χ0v) is 22.8. The molecule has 13 heteroatoms. The normalized spacial score (nSPS) is 21.8. The molecule has 0 saturated carbocycles. The molecule has 4 atom stereocenters. The highest BCUT2D eigenvalue weighted by atomic mass is 35.5. The lowest BCUT2D eigenvalue weighted by Crippen LogP contribution is -2.56. The lowest BCUT2D eigenvalue weighted by Gasteiger charge is -2.41. The van der Waals surface area contributed by atoms with Crippen molar-refractivity contribution in [2.24, 2.45) is 11.7 Å². The molecule has 0 radical (unpaired) electrons. The Bertz CT molecular complexity index is 1400. The number of aromatic nitrogens is 1. The van der Waals surface area contributed by atoms with Gasteiger partial charge in [0.05, 0.1) is 52.2 Å². The average molecular weight is 603 g/mol. The van der Waals surface area contributed by atoms with Crippen molar-refractivity contribution in [3.63, 3.8) is 0 Å². The van der Waals surface area contributed by atoms with Crippen LogP contribution in [0.5, 0.6) is 0 Å². The van der Waals surface area contributed by atoms with Crippen LogP contribution < -0.4 is 16.0 Å². The van der Waals surface area contributed by atoms with Crippen molar-refractivity contribution in [2.45, 2.75) is 38.0 Å². The van der Waals surface area contributed by atoms with Gasteiger partial charge in [0.25, 0.3) is 5.91 Å². The first-order chi connectivity index (χ1) is 18.1. The monoisotopic (exact) mass is 602 g/mol. The number of aliphatic hydroxyl groups is 2. The summed E-state index contributed by atoms with van der Waals surface area (Å²) in [5.74, 6) is -6.20. The Hall–Kier alpha value is -2.96. The van der Waals surface area contributed by atoms with E-state index in [0.29, 0.717) is 36.3 Å². The highest BCUT2D eigenvalue weighted by Crippen LogP contribution is 2.42. The summed E-state index contributed by atoms with van der Waals surface area (Å²) in [6.45, 7) is 2.48. The molecule has 0 spiro atoms. The standard InChI is InChI=1S/C27H26F4N4O3.2ClH/c1-12-10-35(11-18(32)26(12)37)25-14-6-8-20(36)24(14)33-9-19(25)34-27(38)13-5-7-17(30)22(23(13)31)21-15(28)3-2-4-16(21)29;;/h2-5,7,9,12,18,20,26,36-37H,6,8,10-11,32H2,1H3,(H,34,38);2*1H/t12-,18+,20+,26+;;/m0../s1. The third kappa shape index (κ3) is 5.48. The fourth-order valence-electron chi connectivity index (χ4n) is 5.34. The van der Waals surface area contributed by atoms with E-state index < -0.39 is 64.1 Å². The quantitative estimate of drug-likeness (QED) is 0.327. The smallest absolute Gasteiger partial charge is 0.258 e. The van der Waals surface area contributed by atoms with Crippen molar-refractivity contribution in [2.75, 3.05) is 23.3 Å². The van der Waals surface area contributed by atoms with E-state index >= 15 is 4.39 Å². The molecule has 1 aromatic heterocycles. The molecule has 0 bridgehead atoms. The molecule has 1 amide bonds. The largest absolute Gasteiger partial charge is 0.391 e. The van der Waals surface area contributed by atoms with Crippen LogP contribution in [0.15, 0.2) is 36.5 Å². The minimum Gasteiger partial charge on any atom is -0.391 e. The molecular formula is C27H28Cl2F4N4O3. The van der Waals surface area contributed by atoms with Crippen LogP contribution in [0.3, 0.4) is 0 Å². The van der Waals surface area contributed by atoms with E-state index in [-0.39, 0.29) is 43.0 Å². The second-order valence-electron chi connectivity index (χ2n) is 9.81. The van der Waals surface area contributed by atoms with Gasteiger partial charge in [-0.3, -0.25) is 9.78 Å². The van der Waals surface area contributed by atoms with E-state index in [2.05, 4.69) is 10.3 Å². The van der Waals surface area contributed by atoms with Gasteiger partial charge in [0.1, 0.15) is 23.3 Å². The number of pyridine rings is 1. The Morgan fingerprint density at radius 3 is 2.33 bits per heavy atom. The third-order valence-corrected chi connectivity index (χ3v) is 7.24. The first-order valence-corrected chi connectivity index (χ1v) is 12.2. The van der Waals surface area contributed by atoms with Gasteiger partial charge in [-0.2, -0.15) is 0 Å². The zero-order valence-electron chi connectivity index (χ0n) is 21.2. The topological polar surface area (TPSA) is 112 Å². The summed E-state index contributed by atoms with van der Waals surface area (Å²) >= 11 is 0. The van der Waals surface area contributed by atoms with Crippen LogP contribution in [0.25, 0.3) is 11.1 Å². The van der Waals surface area contributed by atoms with Crippen LogP contribution in [0.4, 0.5) is 28.9 Å². The molecule has 2 aromatic carbocycles. The van der Waals surface area contributed by atoms with Gasteiger partial charge in [0.2, 0.25) is 0 Å². The number of fused-ring (bicyclic) bond motifs is 1. The Kier molecular flexibility index (Phi) is 9.69. The molecule has 216 valence electrons. The van der Waals surface area contributed by atoms with E-state index in [1.54, 1.807) is 0 Å². The molecule has 40 heavy (non-hydrogen) atoms. The number of benzene rings is 2. The number of hydrogen-bond donors (Lipinski definition) is 4. The van der Waals surface area contributed by atoms with Crippen molar-refractivity contribution in [1.29, 1.82) is 0 Å².